The highest BCUT2D eigenvalue weighted by Crippen LogP contribution is 2.54. The molecule has 0 aliphatic heterocycles. The average Bonchev–Trinajstić information content (AvgIpc) is 3.57. The van der Waals surface area contributed by atoms with Gasteiger partial charge in [-0.1, -0.05) is 55.4 Å². The zero-order chi connectivity index (χ0) is 23.0. The molecule has 7 nitrogen and oxygen atoms in total. The fourth-order valence-corrected chi connectivity index (χ4v) is 5.73. The van der Waals surface area contributed by atoms with Crippen LogP contribution in [0.2, 0.25) is 0 Å². The highest BCUT2D eigenvalue weighted by atomic mass is 31.1. The van der Waals surface area contributed by atoms with Gasteiger partial charge < -0.3 is 19.7 Å². The molecule has 0 aromatic rings. The molecule has 2 aliphatic carbocycles. The van der Waals surface area contributed by atoms with Crippen LogP contribution in [-0.4, -0.2) is 46.2 Å². The average molecular weight is 451 g/mol. The molecule has 0 aromatic carbocycles. The molecule has 0 bridgehead atoms. The molecule has 178 valence electrons. The standard InChI is InChI=1S/C22H43O7P/c1-15(2)21(16(3)4,26-19(13-23)9-10-19)28-30(25)29-22(17(5)6,18(7)8)27-20(14-24)11-12-20/h15-18,23-24,30H,9-14H2,1-8H3. The van der Waals surface area contributed by atoms with Gasteiger partial charge in [0.25, 0.3) is 0 Å². The van der Waals surface area contributed by atoms with E-state index in [2.05, 4.69) is 0 Å². The predicted octanol–water partition coefficient (Wildman–Crippen LogP) is 4.51. The van der Waals surface area contributed by atoms with Crippen molar-refractivity contribution in [1.82, 2.24) is 0 Å². The summed E-state index contributed by atoms with van der Waals surface area (Å²) in [6.07, 6.45) is 3.00. The van der Waals surface area contributed by atoms with Gasteiger partial charge in [0.2, 0.25) is 0 Å². The fraction of sp³-hybridized carbons (Fsp3) is 1.00. The maximum absolute atomic E-state index is 13.3. The molecule has 8 heteroatoms. The Morgan fingerprint density at radius 3 is 1.13 bits per heavy atom. The summed E-state index contributed by atoms with van der Waals surface area (Å²) >= 11 is 0. The summed E-state index contributed by atoms with van der Waals surface area (Å²) in [6.45, 7) is 15.5. The summed E-state index contributed by atoms with van der Waals surface area (Å²) in [5, 5.41) is 19.6. The lowest BCUT2D eigenvalue weighted by molar-refractivity contribution is -0.297. The van der Waals surface area contributed by atoms with Crippen LogP contribution in [0.1, 0.15) is 81.1 Å². The Morgan fingerprint density at radius 1 is 0.700 bits per heavy atom. The van der Waals surface area contributed by atoms with Crippen molar-refractivity contribution in [2.75, 3.05) is 13.2 Å². The van der Waals surface area contributed by atoms with Crippen molar-refractivity contribution in [2.24, 2.45) is 23.7 Å². The summed E-state index contributed by atoms with van der Waals surface area (Å²) in [7, 11) is -3.05. The van der Waals surface area contributed by atoms with E-state index >= 15 is 0 Å². The molecule has 2 saturated carbocycles. The van der Waals surface area contributed by atoms with E-state index in [1.165, 1.54) is 0 Å². The summed E-state index contributed by atoms with van der Waals surface area (Å²) in [6, 6.07) is 0. The molecular formula is C22H43O7P. The first-order valence-electron chi connectivity index (χ1n) is 11.4. The van der Waals surface area contributed by atoms with Crippen LogP contribution in [0, 0.1) is 23.7 Å². The first-order valence-corrected chi connectivity index (χ1v) is 12.6. The molecule has 2 N–H and O–H groups in total. The summed E-state index contributed by atoms with van der Waals surface area (Å²) in [4.78, 5) is 0. The molecule has 0 atom stereocenters. The Morgan fingerprint density at radius 2 is 0.967 bits per heavy atom. The van der Waals surface area contributed by atoms with Crippen molar-refractivity contribution < 1.29 is 33.3 Å². The maximum atomic E-state index is 13.3. The van der Waals surface area contributed by atoms with E-state index in [-0.39, 0.29) is 36.9 Å². The van der Waals surface area contributed by atoms with Gasteiger partial charge in [0, 0.05) is 23.7 Å². The minimum atomic E-state index is -3.05. The maximum Gasteiger partial charge on any atom is 0.324 e. The van der Waals surface area contributed by atoms with Crippen LogP contribution in [0.3, 0.4) is 0 Å². The molecular weight excluding hydrogens is 407 g/mol. The van der Waals surface area contributed by atoms with E-state index in [1.807, 2.05) is 55.4 Å². The van der Waals surface area contributed by atoms with Gasteiger partial charge in [-0.25, -0.2) is 0 Å². The number of hydrogen-bond donors (Lipinski definition) is 2. The SMILES string of the molecule is CC(C)C(O[PH](=O)OC(OC1(CO)CC1)(C(C)C)C(C)C)(OC1(CO)CC1)C(C)C. The highest BCUT2D eigenvalue weighted by Gasteiger charge is 2.56. The van der Waals surface area contributed by atoms with E-state index in [0.29, 0.717) is 0 Å². The quantitative estimate of drug-likeness (QED) is 0.297. The molecule has 0 heterocycles. The zero-order valence-electron chi connectivity index (χ0n) is 20.0. The number of aliphatic hydroxyl groups is 2. The second-order valence-electron chi connectivity index (χ2n) is 10.4. The highest BCUT2D eigenvalue weighted by molar-refractivity contribution is 7.33. The molecule has 2 aliphatic rings. The monoisotopic (exact) mass is 450 g/mol. The molecule has 0 aromatic heterocycles. The van der Waals surface area contributed by atoms with Gasteiger partial charge in [-0.2, -0.15) is 0 Å². The van der Waals surface area contributed by atoms with E-state index in [0.717, 1.165) is 25.7 Å². The Bertz CT molecular complexity index is 528. The van der Waals surface area contributed by atoms with Crippen LogP contribution in [0.5, 0.6) is 0 Å². The normalized spacial score (nSPS) is 20.8. The lowest BCUT2D eigenvalue weighted by Crippen LogP contribution is -2.51. The fourth-order valence-electron chi connectivity index (χ4n) is 4.14. The molecule has 2 fully saturated rings. The predicted molar refractivity (Wildman–Crippen MR) is 116 cm³/mol. The minimum absolute atomic E-state index is 0.0939. The Kier molecular flexibility index (Phi) is 8.28. The second kappa shape index (κ2) is 9.46. The smallest absolute Gasteiger partial charge is 0.324 e. The third kappa shape index (κ3) is 5.31. The second-order valence-corrected chi connectivity index (χ2v) is 11.3. The van der Waals surface area contributed by atoms with Gasteiger partial charge >= 0.3 is 8.25 Å². The van der Waals surface area contributed by atoms with Crippen LogP contribution in [0.4, 0.5) is 0 Å². The lowest BCUT2D eigenvalue weighted by Gasteiger charge is -2.45. The summed E-state index contributed by atoms with van der Waals surface area (Å²) in [5.41, 5.74) is -1.26. The summed E-state index contributed by atoms with van der Waals surface area (Å²) in [5.74, 6) is -2.74. The van der Waals surface area contributed by atoms with Gasteiger partial charge in [-0.3, -0.25) is 13.6 Å². The van der Waals surface area contributed by atoms with Crippen molar-refractivity contribution in [3.8, 4) is 0 Å². The van der Waals surface area contributed by atoms with Crippen molar-refractivity contribution in [2.45, 2.75) is 104 Å². The molecule has 2 rings (SSSR count). The van der Waals surface area contributed by atoms with Crippen LogP contribution in [0.25, 0.3) is 0 Å². The molecule has 0 unspecified atom stereocenters. The number of aliphatic hydroxyl groups excluding tert-OH is 2. The molecule has 0 saturated heterocycles. The molecule has 0 spiro atoms. The Labute approximate surface area is 182 Å². The minimum Gasteiger partial charge on any atom is -0.393 e. The largest absolute Gasteiger partial charge is 0.393 e. The summed E-state index contributed by atoms with van der Waals surface area (Å²) < 4.78 is 38.2. The van der Waals surface area contributed by atoms with Crippen LogP contribution in [0.15, 0.2) is 0 Å². The van der Waals surface area contributed by atoms with E-state index in [1.54, 1.807) is 0 Å². The van der Waals surface area contributed by atoms with Crippen molar-refractivity contribution in [3.05, 3.63) is 0 Å². The van der Waals surface area contributed by atoms with Crippen LogP contribution < -0.4 is 0 Å². The number of rotatable bonds is 14. The van der Waals surface area contributed by atoms with Gasteiger partial charge in [-0.05, 0) is 25.7 Å². The van der Waals surface area contributed by atoms with Crippen LogP contribution >= 0.6 is 8.25 Å². The molecule has 0 radical (unpaired) electrons. The van der Waals surface area contributed by atoms with E-state index < -0.39 is 31.0 Å². The van der Waals surface area contributed by atoms with E-state index in [9.17, 15) is 14.8 Å². The lowest BCUT2D eigenvalue weighted by atomic mass is 9.91. The van der Waals surface area contributed by atoms with Gasteiger partial charge in [0.15, 0.2) is 11.6 Å². The topological polar surface area (TPSA) is 94.5 Å². The van der Waals surface area contributed by atoms with Crippen molar-refractivity contribution in [1.29, 1.82) is 0 Å². The van der Waals surface area contributed by atoms with Gasteiger partial charge in [-0.15, -0.1) is 0 Å². The third-order valence-electron chi connectivity index (χ3n) is 6.65. The van der Waals surface area contributed by atoms with Gasteiger partial charge in [0.05, 0.1) is 24.4 Å². The Hall–Kier alpha value is -0.0100. The molecule has 0 amide bonds. The molecule has 30 heavy (non-hydrogen) atoms. The number of ether oxygens (including phenoxy) is 2. The first-order chi connectivity index (χ1) is 13.8. The number of hydrogen-bond acceptors (Lipinski definition) is 7. The zero-order valence-corrected chi connectivity index (χ0v) is 21.0. The Balaban J connectivity index is 2.28. The third-order valence-corrected chi connectivity index (χ3v) is 7.62. The van der Waals surface area contributed by atoms with E-state index in [4.69, 9.17) is 18.5 Å². The first kappa shape index (κ1) is 26.2. The van der Waals surface area contributed by atoms with Crippen molar-refractivity contribution >= 4 is 8.25 Å². The van der Waals surface area contributed by atoms with Gasteiger partial charge in [0.1, 0.15) is 0 Å². The van der Waals surface area contributed by atoms with Crippen LogP contribution in [-0.2, 0) is 23.1 Å². The van der Waals surface area contributed by atoms with Crippen molar-refractivity contribution in [3.63, 3.8) is 0 Å².